The Balaban J connectivity index is 1.58. The van der Waals surface area contributed by atoms with Gasteiger partial charge in [0.15, 0.2) is 0 Å². The Bertz CT molecular complexity index is 874. The number of hydrogen-bond acceptors (Lipinski definition) is 3. The lowest BCUT2D eigenvalue weighted by molar-refractivity contribution is 0.247. The highest BCUT2D eigenvalue weighted by Crippen LogP contribution is 2.23. The predicted molar refractivity (Wildman–Crippen MR) is 105 cm³/mol. The summed E-state index contributed by atoms with van der Waals surface area (Å²) in [7, 11) is -3.36. The largest absolute Gasteiger partial charge is 0.269 e. The molecule has 140 valence electrons. The molecule has 0 N–H and O–H groups in total. The zero-order chi connectivity index (χ0) is 18.7. The van der Waals surface area contributed by atoms with Crippen LogP contribution in [-0.4, -0.2) is 35.6 Å². The molecular formula is C20H27N3O2S. The molecule has 6 heteroatoms. The van der Waals surface area contributed by atoms with E-state index in [0.717, 1.165) is 36.2 Å². The van der Waals surface area contributed by atoms with Gasteiger partial charge in [-0.2, -0.15) is 9.40 Å². The van der Waals surface area contributed by atoms with E-state index >= 15 is 0 Å². The fourth-order valence-electron chi connectivity index (χ4n) is 3.38. The molecule has 0 spiro atoms. The van der Waals surface area contributed by atoms with Gasteiger partial charge in [-0.15, -0.1) is 0 Å². The van der Waals surface area contributed by atoms with E-state index in [9.17, 15) is 8.42 Å². The molecule has 0 radical (unpaired) electrons. The zero-order valence-corrected chi connectivity index (χ0v) is 16.5. The molecular weight excluding hydrogens is 346 g/mol. The minimum Gasteiger partial charge on any atom is -0.269 e. The predicted octanol–water partition coefficient (Wildman–Crippen LogP) is 3.52. The second-order valence-electron chi connectivity index (χ2n) is 7.21. The summed E-state index contributed by atoms with van der Waals surface area (Å²) >= 11 is 0. The number of piperidine rings is 1. The van der Waals surface area contributed by atoms with Gasteiger partial charge in [-0.3, -0.25) is 4.68 Å². The highest BCUT2D eigenvalue weighted by molar-refractivity contribution is 7.92. The third kappa shape index (κ3) is 4.62. The van der Waals surface area contributed by atoms with Crippen molar-refractivity contribution in [1.82, 2.24) is 14.1 Å². The molecule has 1 aromatic heterocycles. The lowest BCUT2D eigenvalue weighted by atomic mass is 9.98. The smallest absolute Gasteiger partial charge is 0.236 e. The Hall–Kier alpha value is -1.92. The van der Waals surface area contributed by atoms with Gasteiger partial charge >= 0.3 is 0 Å². The molecule has 0 saturated carbocycles. The Labute approximate surface area is 156 Å². The van der Waals surface area contributed by atoms with Crippen LogP contribution in [0.1, 0.15) is 35.4 Å². The third-order valence-corrected chi connectivity index (χ3v) is 6.54. The van der Waals surface area contributed by atoms with Crippen molar-refractivity contribution >= 4 is 16.1 Å². The molecule has 2 aromatic rings. The SMILES string of the molecule is Cc1ccc(/C=C/S(=O)(=O)N2CCC(Cn3nc(C)cc3C)CC2)cc1. The topological polar surface area (TPSA) is 55.2 Å². The van der Waals surface area contributed by atoms with Crippen LogP contribution in [0.5, 0.6) is 0 Å². The molecule has 0 bridgehead atoms. The summed E-state index contributed by atoms with van der Waals surface area (Å²) in [5.74, 6) is 0.473. The van der Waals surface area contributed by atoms with Crippen LogP contribution in [0.4, 0.5) is 0 Å². The van der Waals surface area contributed by atoms with Gasteiger partial charge in [0.05, 0.1) is 5.69 Å². The van der Waals surface area contributed by atoms with E-state index in [0.29, 0.717) is 19.0 Å². The number of hydrogen-bond donors (Lipinski definition) is 0. The second kappa shape index (κ2) is 7.76. The summed E-state index contributed by atoms with van der Waals surface area (Å²) in [4.78, 5) is 0. The average molecular weight is 374 g/mol. The van der Waals surface area contributed by atoms with Crippen molar-refractivity contribution in [3.05, 3.63) is 58.3 Å². The van der Waals surface area contributed by atoms with E-state index in [2.05, 4.69) is 18.1 Å². The summed E-state index contributed by atoms with van der Waals surface area (Å²) in [5, 5.41) is 5.85. The Morgan fingerprint density at radius 1 is 1.12 bits per heavy atom. The molecule has 26 heavy (non-hydrogen) atoms. The minimum atomic E-state index is -3.36. The normalized spacial score (nSPS) is 17.2. The highest BCUT2D eigenvalue weighted by atomic mass is 32.2. The van der Waals surface area contributed by atoms with E-state index in [1.807, 2.05) is 42.8 Å². The Morgan fingerprint density at radius 2 is 1.77 bits per heavy atom. The summed E-state index contributed by atoms with van der Waals surface area (Å²) in [6.45, 7) is 8.09. The Kier molecular flexibility index (Phi) is 5.63. The van der Waals surface area contributed by atoms with Crippen LogP contribution in [0.3, 0.4) is 0 Å². The number of aryl methyl sites for hydroxylation is 3. The first kappa shape index (κ1) is 18.9. The van der Waals surface area contributed by atoms with Crippen LogP contribution in [0.25, 0.3) is 6.08 Å². The molecule has 5 nitrogen and oxygen atoms in total. The van der Waals surface area contributed by atoms with Crippen LogP contribution >= 0.6 is 0 Å². The molecule has 1 fully saturated rings. The van der Waals surface area contributed by atoms with Crippen molar-refractivity contribution in [2.45, 2.75) is 40.2 Å². The highest BCUT2D eigenvalue weighted by Gasteiger charge is 2.26. The van der Waals surface area contributed by atoms with Crippen molar-refractivity contribution in [2.75, 3.05) is 13.1 Å². The van der Waals surface area contributed by atoms with E-state index in [4.69, 9.17) is 0 Å². The first-order valence-corrected chi connectivity index (χ1v) is 10.6. The summed E-state index contributed by atoms with van der Waals surface area (Å²) < 4.78 is 28.8. The molecule has 0 unspecified atom stereocenters. The van der Waals surface area contributed by atoms with E-state index in [-0.39, 0.29) is 0 Å². The van der Waals surface area contributed by atoms with Crippen LogP contribution in [-0.2, 0) is 16.6 Å². The number of sulfonamides is 1. The molecule has 0 atom stereocenters. The maximum Gasteiger partial charge on any atom is 0.236 e. The van der Waals surface area contributed by atoms with Gasteiger partial charge in [0, 0.05) is 30.7 Å². The lowest BCUT2D eigenvalue weighted by Gasteiger charge is -2.30. The van der Waals surface area contributed by atoms with Gasteiger partial charge in [0.1, 0.15) is 0 Å². The molecule has 2 heterocycles. The van der Waals surface area contributed by atoms with Crippen LogP contribution in [0, 0.1) is 26.7 Å². The fourth-order valence-corrected chi connectivity index (χ4v) is 4.60. The van der Waals surface area contributed by atoms with Crippen molar-refractivity contribution in [3.8, 4) is 0 Å². The van der Waals surface area contributed by atoms with Gasteiger partial charge < -0.3 is 0 Å². The summed E-state index contributed by atoms with van der Waals surface area (Å²) in [6.07, 6.45) is 3.42. The van der Waals surface area contributed by atoms with E-state index < -0.39 is 10.0 Å². The fraction of sp³-hybridized carbons (Fsp3) is 0.450. The molecule has 0 amide bonds. The number of rotatable bonds is 5. The van der Waals surface area contributed by atoms with Gasteiger partial charge in [-0.1, -0.05) is 29.8 Å². The third-order valence-electron chi connectivity index (χ3n) is 4.98. The molecule has 0 aliphatic carbocycles. The molecule has 1 saturated heterocycles. The molecule has 1 aromatic carbocycles. The van der Waals surface area contributed by atoms with Gasteiger partial charge in [0.2, 0.25) is 10.0 Å². The molecule has 1 aliphatic heterocycles. The quantitative estimate of drug-likeness (QED) is 0.806. The summed E-state index contributed by atoms with van der Waals surface area (Å²) in [5.41, 5.74) is 4.26. The van der Waals surface area contributed by atoms with E-state index in [1.54, 1.807) is 10.4 Å². The molecule has 1 aliphatic rings. The standard InChI is InChI=1S/C20H27N3O2S/c1-16-4-6-19(7-5-16)10-13-26(24,25)22-11-8-20(9-12-22)15-23-18(3)14-17(2)21-23/h4-7,10,13-14,20H,8-9,11-12,15H2,1-3H3/b13-10+. The van der Waals surface area contributed by atoms with Crippen molar-refractivity contribution < 1.29 is 8.42 Å². The second-order valence-corrected chi connectivity index (χ2v) is 9.03. The van der Waals surface area contributed by atoms with Crippen LogP contribution in [0.15, 0.2) is 35.7 Å². The first-order valence-electron chi connectivity index (χ1n) is 9.09. The minimum absolute atomic E-state index is 0.473. The van der Waals surface area contributed by atoms with Gasteiger partial charge in [-0.25, -0.2) is 8.42 Å². The lowest BCUT2D eigenvalue weighted by Crippen LogP contribution is -2.38. The maximum absolute atomic E-state index is 12.6. The zero-order valence-electron chi connectivity index (χ0n) is 15.7. The van der Waals surface area contributed by atoms with Gasteiger partial charge in [0.25, 0.3) is 0 Å². The van der Waals surface area contributed by atoms with Crippen molar-refractivity contribution in [3.63, 3.8) is 0 Å². The van der Waals surface area contributed by atoms with Gasteiger partial charge in [-0.05, 0) is 57.2 Å². The maximum atomic E-state index is 12.6. The molecule has 3 rings (SSSR count). The number of nitrogens with zero attached hydrogens (tertiary/aromatic N) is 3. The average Bonchev–Trinajstić information content (AvgIpc) is 2.92. The summed E-state index contributed by atoms with van der Waals surface area (Å²) in [6, 6.07) is 9.91. The van der Waals surface area contributed by atoms with Crippen molar-refractivity contribution in [2.24, 2.45) is 5.92 Å². The van der Waals surface area contributed by atoms with Crippen LogP contribution < -0.4 is 0 Å². The van der Waals surface area contributed by atoms with E-state index in [1.165, 1.54) is 11.1 Å². The number of aromatic nitrogens is 2. The number of benzene rings is 1. The monoisotopic (exact) mass is 373 g/mol. The van der Waals surface area contributed by atoms with Crippen LogP contribution in [0.2, 0.25) is 0 Å². The van der Waals surface area contributed by atoms with Crippen molar-refractivity contribution in [1.29, 1.82) is 0 Å². The Morgan fingerprint density at radius 3 is 2.35 bits per heavy atom. The first-order chi connectivity index (χ1) is 12.3.